The zero-order valence-electron chi connectivity index (χ0n) is 16.3. The van der Waals surface area contributed by atoms with Gasteiger partial charge in [-0.2, -0.15) is 13.2 Å². The number of alkyl halides is 3. The summed E-state index contributed by atoms with van der Waals surface area (Å²) < 4.78 is 43.9. The van der Waals surface area contributed by atoms with Crippen LogP contribution in [0.4, 0.5) is 19.0 Å². The molecule has 0 amide bonds. The van der Waals surface area contributed by atoms with Gasteiger partial charge in [0.25, 0.3) is 0 Å². The van der Waals surface area contributed by atoms with Gasteiger partial charge in [-0.05, 0) is 50.0 Å². The molecule has 0 bridgehead atoms. The average Bonchev–Trinajstić information content (AvgIpc) is 3.24. The van der Waals surface area contributed by atoms with Gasteiger partial charge in [-0.1, -0.05) is 6.07 Å². The molecule has 0 atom stereocenters. The number of likely N-dealkylation sites (tertiary alicyclic amines) is 1. The standard InChI is InChI=1S/C21H25F3N4O/c22-21(23,24)17-5-6-19(25-14-17)28-12-8-18-16(15-28)4-7-20(26-18)29-13-3-11-27-9-1-2-10-27/h4-7,14H,1-3,8-13,15H2. The normalized spacial score (nSPS) is 17.4. The monoisotopic (exact) mass is 406 g/mol. The molecule has 0 radical (unpaired) electrons. The molecule has 2 aliphatic rings. The van der Waals surface area contributed by atoms with Crippen molar-refractivity contribution in [3.63, 3.8) is 0 Å². The van der Waals surface area contributed by atoms with E-state index >= 15 is 0 Å². The molecule has 2 aliphatic heterocycles. The predicted octanol–water partition coefficient (Wildman–Crippen LogP) is 3.92. The minimum atomic E-state index is -4.37. The summed E-state index contributed by atoms with van der Waals surface area (Å²) in [4.78, 5) is 13.1. The topological polar surface area (TPSA) is 41.5 Å². The van der Waals surface area contributed by atoms with E-state index in [1.807, 2.05) is 17.0 Å². The first kappa shape index (κ1) is 19.9. The average molecular weight is 406 g/mol. The molecule has 8 heteroatoms. The number of fused-ring (bicyclic) bond motifs is 1. The largest absolute Gasteiger partial charge is 0.478 e. The van der Waals surface area contributed by atoms with E-state index in [-0.39, 0.29) is 0 Å². The first-order chi connectivity index (χ1) is 14.0. The van der Waals surface area contributed by atoms with Crippen molar-refractivity contribution in [2.24, 2.45) is 0 Å². The minimum absolute atomic E-state index is 0.547. The third kappa shape index (κ3) is 4.98. The van der Waals surface area contributed by atoms with Gasteiger partial charge in [0.2, 0.25) is 5.88 Å². The molecular weight excluding hydrogens is 381 g/mol. The molecule has 2 aromatic heterocycles. The summed E-state index contributed by atoms with van der Waals surface area (Å²) in [5.41, 5.74) is 1.32. The van der Waals surface area contributed by atoms with Gasteiger partial charge in [0.15, 0.2) is 0 Å². The van der Waals surface area contributed by atoms with Gasteiger partial charge < -0.3 is 14.5 Å². The lowest BCUT2D eigenvalue weighted by Crippen LogP contribution is -2.31. The van der Waals surface area contributed by atoms with Crippen LogP contribution in [0.25, 0.3) is 0 Å². The highest BCUT2D eigenvalue weighted by atomic mass is 19.4. The maximum Gasteiger partial charge on any atom is 0.417 e. The Balaban J connectivity index is 1.31. The van der Waals surface area contributed by atoms with E-state index < -0.39 is 11.7 Å². The number of hydrogen-bond donors (Lipinski definition) is 0. The van der Waals surface area contributed by atoms with Crippen molar-refractivity contribution < 1.29 is 17.9 Å². The zero-order chi connectivity index (χ0) is 20.3. The first-order valence-electron chi connectivity index (χ1n) is 10.1. The molecular formula is C21H25F3N4O. The van der Waals surface area contributed by atoms with Crippen LogP contribution >= 0.6 is 0 Å². The van der Waals surface area contributed by atoms with Crippen molar-refractivity contribution in [2.75, 3.05) is 37.7 Å². The second kappa shape index (κ2) is 8.57. The summed E-state index contributed by atoms with van der Waals surface area (Å²) >= 11 is 0. The van der Waals surface area contributed by atoms with Crippen molar-refractivity contribution in [3.8, 4) is 5.88 Å². The maximum absolute atomic E-state index is 12.7. The quantitative estimate of drug-likeness (QED) is 0.680. The number of nitrogens with zero attached hydrogens (tertiary/aromatic N) is 4. The molecule has 29 heavy (non-hydrogen) atoms. The number of ether oxygens (including phenoxy) is 1. The number of rotatable bonds is 6. The Kier molecular flexibility index (Phi) is 5.89. The van der Waals surface area contributed by atoms with Gasteiger partial charge in [0, 0.05) is 38.3 Å². The second-order valence-electron chi connectivity index (χ2n) is 7.58. The van der Waals surface area contributed by atoms with Gasteiger partial charge in [0.1, 0.15) is 5.82 Å². The predicted molar refractivity (Wildman–Crippen MR) is 104 cm³/mol. The number of halogens is 3. The van der Waals surface area contributed by atoms with Crippen molar-refractivity contribution in [3.05, 3.63) is 47.3 Å². The third-order valence-electron chi connectivity index (χ3n) is 5.49. The summed E-state index contributed by atoms with van der Waals surface area (Å²) in [6.45, 7) is 5.36. The zero-order valence-corrected chi connectivity index (χ0v) is 16.3. The SMILES string of the molecule is FC(F)(F)c1ccc(N2CCc3nc(OCCCN4CCCC4)ccc3C2)nc1. The molecule has 2 aromatic rings. The van der Waals surface area contributed by atoms with E-state index in [1.54, 1.807) is 0 Å². The number of hydrogen-bond acceptors (Lipinski definition) is 5. The van der Waals surface area contributed by atoms with Crippen LogP contribution in [0.2, 0.25) is 0 Å². The van der Waals surface area contributed by atoms with E-state index in [0.717, 1.165) is 36.5 Å². The fraction of sp³-hybridized carbons (Fsp3) is 0.524. The Morgan fingerprint density at radius 1 is 1.03 bits per heavy atom. The second-order valence-corrected chi connectivity index (χ2v) is 7.58. The smallest absolute Gasteiger partial charge is 0.417 e. The molecule has 0 unspecified atom stereocenters. The summed E-state index contributed by atoms with van der Waals surface area (Å²) in [6, 6.07) is 6.38. The number of aromatic nitrogens is 2. The first-order valence-corrected chi connectivity index (χ1v) is 10.1. The molecule has 0 aliphatic carbocycles. The molecule has 1 fully saturated rings. The number of pyridine rings is 2. The highest BCUT2D eigenvalue weighted by Crippen LogP contribution is 2.30. The maximum atomic E-state index is 12.7. The Bertz CT molecular complexity index is 820. The third-order valence-corrected chi connectivity index (χ3v) is 5.49. The van der Waals surface area contributed by atoms with Gasteiger partial charge >= 0.3 is 6.18 Å². The molecule has 0 aromatic carbocycles. The molecule has 0 N–H and O–H groups in total. The van der Waals surface area contributed by atoms with Crippen molar-refractivity contribution in [1.82, 2.24) is 14.9 Å². The summed E-state index contributed by atoms with van der Waals surface area (Å²) in [6.07, 6.45) is 0.824. The van der Waals surface area contributed by atoms with Gasteiger partial charge in [-0.15, -0.1) is 0 Å². The molecule has 1 saturated heterocycles. The van der Waals surface area contributed by atoms with Crippen LogP contribution in [0.15, 0.2) is 30.5 Å². The van der Waals surface area contributed by atoms with Gasteiger partial charge in [0.05, 0.1) is 17.9 Å². The fourth-order valence-corrected chi connectivity index (χ4v) is 3.88. The minimum Gasteiger partial charge on any atom is -0.478 e. The van der Waals surface area contributed by atoms with Crippen LogP contribution < -0.4 is 9.64 Å². The molecule has 156 valence electrons. The molecule has 4 heterocycles. The van der Waals surface area contributed by atoms with Crippen LogP contribution in [0, 0.1) is 0 Å². The Morgan fingerprint density at radius 3 is 2.59 bits per heavy atom. The molecule has 4 rings (SSSR count). The highest BCUT2D eigenvalue weighted by molar-refractivity contribution is 5.44. The lowest BCUT2D eigenvalue weighted by atomic mass is 10.1. The van der Waals surface area contributed by atoms with Crippen LogP contribution in [0.1, 0.15) is 36.1 Å². The van der Waals surface area contributed by atoms with Crippen LogP contribution in [0.3, 0.4) is 0 Å². The van der Waals surface area contributed by atoms with E-state index in [1.165, 1.54) is 32.0 Å². The van der Waals surface area contributed by atoms with Crippen LogP contribution in [-0.4, -0.2) is 47.7 Å². The lowest BCUT2D eigenvalue weighted by molar-refractivity contribution is -0.137. The van der Waals surface area contributed by atoms with Crippen LogP contribution in [-0.2, 0) is 19.1 Å². The summed E-state index contributed by atoms with van der Waals surface area (Å²) in [7, 11) is 0. The number of anilines is 1. The molecule has 0 spiro atoms. The Labute approximate surface area is 168 Å². The Hall–Kier alpha value is -2.35. The van der Waals surface area contributed by atoms with E-state index in [2.05, 4.69) is 14.9 Å². The molecule has 0 saturated carbocycles. The molecule has 5 nitrogen and oxygen atoms in total. The summed E-state index contributed by atoms with van der Waals surface area (Å²) in [5, 5.41) is 0. The highest BCUT2D eigenvalue weighted by Gasteiger charge is 2.31. The summed E-state index contributed by atoms with van der Waals surface area (Å²) in [5.74, 6) is 1.19. The fourth-order valence-electron chi connectivity index (χ4n) is 3.88. The van der Waals surface area contributed by atoms with Crippen molar-refractivity contribution in [1.29, 1.82) is 0 Å². The van der Waals surface area contributed by atoms with E-state index in [0.29, 0.717) is 37.8 Å². The van der Waals surface area contributed by atoms with Gasteiger partial charge in [-0.25, -0.2) is 9.97 Å². The van der Waals surface area contributed by atoms with E-state index in [9.17, 15) is 13.2 Å². The van der Waals surface area contributed by atoms with Gasteiger partial charge in [-0.3, -0.25) is 0 Å². The Morgan fingerprint density at radius 2 is 1.86 bits per heavy atom. The van der Waals surface area contributed by atoms with Crippen LogP contribution in [0.5, 0.6) is 5.88 Å². The lowest BCUT2D eigenvalue weighted by Gasteiger charge is -2.29. The van der Waals surface area contributed by atoms with E-state index in [4.69, 9.17) is 4.74 Å². The van der Waals surface area contributed by atoms with Crippen molar-refractivity contribution in [2.45, 2.75) is 38.4 Å². The van der Waals surface area contributed by atoms with Crippen molar-refractivity contribution >= 4 is 5.82 Å².